The van der Waals surface area contributed by atoms with Gasteiger partial charge in [-0.05, 0) is 25.7 Å². The van der Waals surface area contributed by atoms with Gasteiger partial charge in [0.05, 0.1) is 37.8 Å². The molecule has 0 saturated heterocycles. The molecule has 0 saturated carbocycles. The topological polar surface area (TPSA) is 36.9 Å². The second kappa shape index (κ2) is 70.7. The summed E-state index contributed by atoms with van der Waals surface area (Å²) in [4.78, 5) is 0. The van der Waals surface area contributed by atoms with Crippen molar-refractivity contribution in [3.63, 3.8) is 0 Å². The van der Waals surface area contributed by atoms with Crippen LogP contribution in [-0.2, 0) is 85.7 Å². The van der Waals surface area contributed by atoms with Gasteiger partial charge in [-0.2, -0.15) is 0 Å². The molecule has 11 heteroatoms. The van der Waals surface area contributed by atoms with Crippen LogP contribution in [0.3, 0.4) is 0 Å². The van der Waals surface area contributed by atoms with E-state index >= 15 is 0 Å². The first-order chi connectivity index (χ1) is 36.2. The summed E-state index contributed by atoms with van der Waals surface area (Å²) in [6.07, 6.45) is 76.5. The standard InChI is InChI=1S/2C32H67O2PS2.Zn/c2*1-3-5-7-9-11-13-15-17-19-21-23-25-27-29-31-33-35(36,37)34-32-30-28-26-24-22-20-18-16-14-12-10-8-6-4-2;/h2*3-32H2,1-2H3,(H,36,37);/q;;+2/p-2. The summed E-state index contributed by atoms with van der Waals surface area (Å²) in [6, 6.07) is 0. The third-order valence-electron chi connectivity index (χ3n) is 15.0. The van der Waals surface area contributed by atoms with E-state index in [0.717, 1.165) is 25.7 Å². The molecule has 75 heavy (non-hydrogen) atoms. The van der Waals surface area contributed by atoms with Gasteiger partial charge in [-0.3, -0.25) is 0 Å². The van der Waals surface area contributed by atoms with E-state index in [1.165, 1.54) is 334 Å². The van der Waals surface area contributed by atoms with Gasteiger partial charge in [0, 0.05) is 0 Å². The van der Waals surface area contributed by atoms with E-state index in [1.807, 2.05) is 0 Å². The smallest absolute Gasteiger partial charge is 0.691 e. The van der Waals surface area contributed by atoms with Gasteiger partial charge in [0.2, 0.25) is 0 Å². The minimum atomic E-state index is -2.45. The molecule has 448 valence electrons. The van der Waals surface area contributed by atoms with Crippen LogP contribution in [0.25, 0.3) is 0 Å². The summed E-state index contributed by atoms with van der Waals surface area (Å²) in [5.41, 5.74) is -4.90. The van der Waals surface area contributed by atoms with Gasteiger partial charge >= 0.3 is 19.5 Å². The van der Waals surface area contributed by atoms with Gasteiger partial charge in [0.25, 0.3) is 0 Å². The molecule has 0 radical (unpaired) electrons. The van der Waals surface area contributed by atoms with Gasteiger partial charge in [-0.15, -0.1) is 0 Å². The predicted octanol–water partition coefficient (Wildman–Crippen LogP) is 25.5. The first-order valence-corrected chi connectivity index (χ1v) is 40.7. The normalized spacial score (nSPS) is 11.8. The molecule has 0 aromatic rings. The van der Waals surface area contributed by atoms with E-state index in [1.54, 1.807) is 0 Å². The minimum absolute atomic E-state index is 0. The van der Waals surface area contributed by atoms with E-state index in [2.05, 4.69) is 27.7 Å². The van der Waals surface area contributed by atoms with E-state index in [0.29, 0.717) is 26.4 Å². The van der Waals surface area contributed by atoms with Crippen LogP contribution in [0.15, 0.2) is 0 Å². The van der Waals surface area contributed by atoms with Crippen molar-refractivity contribution < 1.29 is 37.6 Å². The van der Waals surface area contributed by atoms with Crippen LogP contribution < -0.4 is 0 Å². The van der Waals surface area contributed by atoms with Gasteiger partial charge in [-0.25, -0.2) is 0 Å². The molecule has 0 spiro atoms. The Hall–Kier alpha value is 2.46. The second-order valence-electron chi connectivity index (χ2n) is 22.6. The summed E-state index contributed by atoms with van der Waals surface area (Å²) in [6.45, 7) is 11.9. The summed E-state index contributed by atoms with van der Waals surface area (Å²) in [5, 5.41) is 0. The third-order valence-corrected chi connectivity index (χ3v) is 19.5. The molecule has 0 heterocycles. The SMILES string of the molecule is CCCCCCCCCCCCCCCCOP(=S)([S-])OCCCCCCCCCCCCCCCC.CCCCCCCCCCCCCCCCOP(=S)([S-])OCCCCCCCCCCCCCCCC.[Zn+2]. The van der Waals surface area contributed by atoms with Crippen LogP contribution in [0.5, 0.6) is 0 Å². The van der Waals surface area contributed by atoms with Crippen molar-refractivity contribution in [1.82, 2.24) is 0 Å². The van der Waals surface area contributed by atoms with Crippen molar-refractivity contribution in [1.29, 1.82) is 0 Å². The molecule has 0 aliphatic carbocycles. The molecule has 0 aliphatic heterocycles. The van der Waals surface area contributed by atoms with Crippen LogP contribution in [0.4, 0.5) is 0 Å². The molecular formula is C64H132O4P2S4Zn. The fourth-order valence-electron chi connectivity index (χ4n) is 9.97. The Morgan fingerprint density at radius 3 is 0.400 bits per heavy atom. The largest absolute Gasteiger partial charge is 2.00 e. The summed E-state index contributed by atoms with van der Waals surface area (Å²) in [5.74, 6) is 0. The summed E-state index contributed by atoms with van der Waals surface area (Å²) < 4.78 is 23.1. The summed E-state index contributed by atoms with van der Waals surface area (Å²) >= 11 is 21.7. The number of hydrogen-bond donors (Lipinski definition) is 0. The number of unbranched alkanes of at least 4 members (excludes halogenated alkanes) is 52. The molecule has 0 aliphatic rings. The van der Waals surface area contributed by atoms with Crippen molar-refractivity contribution in [3.8, 4) is 0 Å². The zero-order valence-corrected chi connectivity index (χ0v) is 59.3. The van der Waals surface area contributed by atoms with Crippen LogP contribution in [-0.4, -0.2) is 26.4 Å². The Labute approximate surface area is 506 Å². The first kappa shape index (κ1) is 81.7. The Bertz CT molecular complexity index is 967. The van der Waals surface area contributed by atoms with Gasteiger partial charge in [-0.1, -0.05) is 385 Å². The second-order valence-corrected chi connectivity index (χ2v) is 32.6. The summed E-state index contributed by atoms with van der Waals surface area (Å²) in [7, 11) is 0. The molecule has 0 rings (SSSR count). The molecular weight excluding hydrogens is 1090 g/mol. The van der Waals surface area contributed by atoms with E-state index in [-0.39, 0.29) is 19.5 Å². The zero-order valence-electron chi connectivity index (χ0n) is 51.3. The van der Waals surface area contributed by atoms with E-state index in [9.17, 15) is 0 Å². The molecule has 0 bridgehead atoms. The van der Waals surface area contributed by atoms with E-state index in [4.69, 9.17) is 66.2 Å². The molecule has 0 aromatic carbocycles. The van der Waals surface area contributed by atoms with Crippen LogP contribution in [0.1, 0.15) is 387 Å². The maximum atomic E-state index is 5.77. The average molecular weight is 1220 g/mol. The van der Waals surface area contributed by atoms with Crippen LogP contribution in [0, 0.1) is 0 Å². The molecule has 0 aromatic heterocycles. The Kier molecular flexibility index (Phi) is 77.0. The van der Waals surface area contributed by atoms with Crippen molar-refractivity contribution in [2.24, 2.45) is 0 Å². The van der Waals surface area contributed by atoms with E-state index < -0.39 is 11.4 Å². The Balaban J connectivity index is -0.00000136. The molecule has 0 fully saturated rings. The van der Waals surface area contributed by atoms with Gasteiger partial charge in [0.1, 0.15) is 0 Å². The molecule has 0 unspecified atom stereocenters. The number of hydrogen-bond acceptors (Lipinski definition) is 8. The maximum absolute atomic E-state index is 5.77. The van der Waals surface area contributed by atoms with Crippen molar-refractivity contribution in [2.75, 3.05) is 26.4 Å². The Morgan fingerprint density at radius 2 is 0.293 bits per heavy atom. The predicted molar refractivity (Wildman–Crippen MR) is 348 cm³/mol. The first-order valence-electron chi connectivity index (χ1n) is 33.4. The quantitative estimate of drug-likeness (QED) is 0.0258. The van der Waals surface area contributed by atoms with Gasteiger partial charge < -0.3 is 42.6 Å². The molecule has 0 N–H and O–H groups in total. The van der Waals surface area contributed by atoms with Crippen molar-refractivity contribution >= 4 is 59.5 Å². The van der Waals surface area contributed by atoms with Gasteiger partial charge in [0.15, 0.2) is 0 Å². The van der Waals surface area contributed by atoms with Crippen LogP contribution in [0.2, 0.25) is 0 Å². The van der Waals surface area contributed by atoms with Crippen molar-refractivity contribution in [3.05, 3.63) is 0 Å². The fourth-order valence-corrected chi connectivity index (χ4v) is 13.3. The zero-order chi connectivity index (χ0) is 54.3. The third kappa shape index (κ3) is 76.5. The molecule has 0 amide bonds. The van der Waals surface area contributed by atoms with Crippen molar-refractivity contribution in [2.45, 2.75) is 387 Å². The van der Waals surface area contributed by atoms with Crippen LogP contribution >= 0.6 is 11.4 Å². The molecule has 0 atom stereocenters. The monoisotopic (exact) mass is 1220 g/mol. The maximum Gasteiger partial charge on any atom is 2.00 e. The average Bonchev–Trinajstić information content (AvgIpc) is 3.38. The fraction of sp³-hybridized carbons (Fsp3) is 1.00. The molecule has 4 nitrogen and oxygen atoms in total. The Morgan fingerprint density at radius 1 is 0.200 bits per heavy atom. The minimum Gasteiger partial charge on any atom is -0.691 e. The number of rotatable bonds is 64.